The zero-order valence-electron chi connectivity index (χ0n) is 16.1. The van der Waals surface area contributed by atoms with Gasteiger partial charge < -0.3 is 19.7 Å². The maximum absolute atomic E-state index is 12.2. The van der Waals surface area contributed by atoms with Gasteiger partial charge in [0.1, 0.15) is 12.2 Å². The zero-order chi connectivity index (χ0) is 19.7. The molecular weight excluding hydrogens is 336 g/mol. The largest absolute Gasteiger partial charge is 0.462 e. The Bertz CT molecular complexity index is 512. The molecule has 0 spiro atoms. The standard InChI is InChI=1S/C20H32O6/c1-5-15-11-13(2)16(21)10-8-6-7-9-14(3)26-18(23)12-17(22)20(25-4)19(15)24/h6-8,10,13-15,17,19-20,22,24H,5,9,11-12H2,1-4H3/b7-6+,10-8+/t13-,14-,15?,17-,19+,20+/m1/s1. The van der Waals surface area contributed by atoms with Crippen LogP contribution < -0.4 is 0 Å². The van der Waals surface area contributed by atoms with Crippen LogP contribution in [0.1, 0.15) is 46.5 Å². The number of rotatable bonds is 2. The van der Waals surface area contributed by atoms with Crippen LogP contribution in [-0.4, -0.2) is 53.5 Å². The number of cyclic esters (lactones) is 1. The number of hydrogen-bond acceptors (Lipinski definition) is 6. The van der Waals surface area contributed by atoms with E-state index in [2.05, 4.69) is 0 Å². The van der Waals surface area contributed by atoms with Crippen molar-refractivity contribution in [2.75, 3.05) is 7.11 Å². The Kier molecular flexibility index (Phi) is 9.76. The highest BCUT2D eigenvalue weighted by Crippen LogP contribution is 2.25. The van der Waals surface area contributed by atoms with Crippen molar-refractivity contribution in [2.45, 2.75) is 70.9 Å². The maximum Gasteiger partial charge on any atom is 0.308 e. The van der Waals surface area contributed by atoms with Crippen LogP contribution >= 0.6 is 0 Å². The van der Waals surface area contributed by atoms with Crippen molar-refractivity contribution >= 4 is 11.8 Å². The van der Waals surface area contributed by atoms with Gasteiger partial charge in [-0.3, -0.25) is 9.59 Å². The first-order chi connectivity index (χ1) is 12.3. The summed E-state index contributed by atoms with van der Waals surface area (Å²) in [6.45, 7) is 5.49. The molecule has 0 fully saturated rings. The monoisotopic (exact) mass is 368 g/mol. The van der Waals surface area contributed by atoms with Gasteiger partial charge in [0.05, 0.1) is 18.6 Å². The van der Waals surface area contributed by atoms with E-state index >= 15 is 0 Å². The van der Waals surface area contributed by atoms with Crippen LogP contribution in [0.15, 0.2) is 24.3 Å². The fraction of sp³-hybridized carbons (Fsp3) is 0.700. The summed E-state index contributed by atoms with van der Waals surface area (Å²) in [6, 6.07) is 0. The van der Waals surface area contributed by atoms with Crippen molar-refractivity contribution in [3.05, 3.63) is 24.3 Å². The van der Waals surface area contributed by atoms with Gasteiger partial charge >= 0.3 is 5.97 Å². The van der Waals surface area contributed by atoms with E-state index in [1.807, 2.05) is 19.9 Å². The first-order valence-corrected chi connectivity index (χ1v) is 9.25. The summed E-state index contributed by atoms with van der Waals surface area (Å²) in [4.78, 5) is 24.3. The SMILES string of the molecule is CCC1C[C@@H](C)C(=O)/C=C/C=C/C[C@@H](C)OC(=O)C[C@@H](O)[C@H](OC)[C@H]1O. The van der Waals surface area contributed by atoms with Crippen LogP contribution in [0.5, 0.6) is 0 Å². The lowest BCUT2D eigenvalue weighted by molar-refractivity contribution is -0.156. The number of aliphatic hydroxyl groups excluding tert-OH is 2. The molecule has 0 aromatic heterocycles. The van der Waals surface area contributed by atoms with Gasteiger partial charge in [-0.1, -0.05) is 38.5 Å². The lowest BCUT2D eigenvalue weighted by atomic mass is 9.83. The van der Waals surface area contributed by atoms with E-state index in [0.717, 1.165) is 0 Å². The summed E-state index contributed by atoms with van der Waals surface area (Å²) in [6.07, 6.45) is 4.67. The molecular formula is C20H32O6. The van der Waals surface area contributed by atoms with Gasteiger partial charge in [-0.15, -0.1) is 0 Å². The number of allylic oxidation sites excluding steroid dienone is 3. The Morgan fingerprint density at radius 1 is 1.23 bits per heavy atom. The quantitative estimate of drug-likeness (QED) is 0.726. The predicted octanol–water partition coefficient (Wildman–Crippen LogP) is 2.18. The minimum absolute atomic E-state index is 0.0126. The highest BCUT2D eigenvalue weighted by Gasteiger charge is 2.35. The number of hydrogen-bond donors (Lipinski definition) is 2. The Hall–Kier alpha value is -1.50. The summed E-state index contributed by atoms with van der Waals surface area (Å²) >= 11 is 0. The molecule has 0 saturated heterocycles. The van der Waals surface area contributed by atoms with Gasteiger partial charge in [-0.25, -0.2) is 0 Å². The molecule has 1 heterocycles. The number of methoxy groups -OCH3 is 1. The lowest BCUT2D eigenvalue weighted by Gasteiger charge is -2.32. The van der Waals surface area contributed by atoms with Gasteiger partial charge in [0, 0.05) is 19.4 Å². The Morgan fingerprint density at radius 2 is 1.92 bits per heavy atom. The van der Waals surface area contributed by atoms with Crippen molar-refractivity contribution in [3.63, 3.8) is 0 Å². The first-order valence-electron chi connectivity index (χ1n) is 9.25. The second-order valence-corrected chi connectivity index (χ2v) is 6.99. The third kappa shape index (κ3) is 7.02. The number of ether oxygens (including phenoxy) is 2. The van der Waals surface area contributed by atoms with Gasteiger partial charge in [-0.05, 0) is 25.3 Å². The molecule has 1 aliphatic heterocycles. The molecule has 26 heavy (non-hydrogen) atoms. The third-order valence-electron chi connectivity index (χ3n) is 4.82. The molecule has 0 aromatic carbocycles. The van der Waals surface area contributed by atoms with E-state index in [0.29, 0.717) is 19.3 Å². The van der Waals surface area contributed by atoms with E-state index in [-0.39, 0.29) is 30.1 Å². The summed E-state index contributed by atoms with van der Waals surface area (Å²) in [5, 5.41) is 21.0. The van der Waals surface area contributed by atoms with Crippen LogP contribution in [0.3, 0.4) is 0 Å². The van der Waals surface area contributed by atoms with E-state index in [1.165, 1.54) is 13.2 Å². The molecule has 0 aliphatic carbocycles. The van der Waals surface area contributed by atoms with Crippen LogP contribution in [-0.2, 0) is 19.1 Å². The van der Waals surface area contributed by atoms with Crippen molar-refractivity contribution in [1.82, 2.24) is 0 Å². The van der Waals surface area contributed by atoms with Crippen molar-refractivity contribution < 1.29 is 29.3 Å². The van der Waals surface area contributed by atoms with Crippen molar-refractivity contribution in [2.24, 2.45) is 11.8 Å². The van der Waals surface area contributed by atoms with Gasteiger partial charge in [0.15, 0.2) is 5.78 Å². The zero-order valence-corrected chi connectivity index (χ0v) is 16.1. The molecule has 1 aliphatic rings. The Labute approximate surface area is 155 Å². The minimum atomic E-state index is -1.18. The predicted molar refractivity (Wildman–Crippen MR) is 98.4 cm³/mol. The Balaban J connectivity index is 3.04. The molecule has 0 aromatic rings. The lowest BCUT2D eigenvalue weighted by Crippen LogP contribution is -2.45. The molecule has 148 valence electrons. The third-order valence-corrected chi connectivity index (χ3v) is 4.82. The number of carbonyl (C=O) groups is 2. The molecule has 0 bridgehead atoms. The second-order valence-electron chi connectivity index (χ2n) is 6.99. The second kappa shape index (κ2) is 11.3. The summed E-state index contributed by atoms with van der Waals surface area (Å²) in [5.41, 5.74) is 0. The van der Waals surface area contributed by atoms with E-state index < -0.39 is 24.3 Å². The van der Waals surface area contributed by atoms with Crippen LogP contribution in [0.4, 0.5) is 0 Å². The molecule has 0 saturated carbocycles. The highest BCUT2D eigenvalue weighted by atomic mass is 16.5. The normalized spacial score (nSPS) is 37.8. The molecule has 1 rings (SSSR count). The summed E-state index contributed by atoms with van der Waals surface area (Å²) in [7, 11) is 1.39. The van der Waals surface area contributed by atoms with Crippen LogP contribution in [0.2, 0.25) is 0 Å². The smallest absolute Gasteiger partial charge is 0.308 e. The fourth-order valence-corrected chi connectivity index (χ4v) is 3.18. The number of ketones is 1. The summed E-state index contributed by atoms with van der Waals surface area (Å²) < 4.78 is 10.5. The van der Waals surface area contributed by atoms with Crippen LogP contribution in [0.25, 0.3) is 0 Å². The average molecular weight is 368 g/mol. The maximum atomic E-state index is 12.2. The average Bonchev–Trinajstić information content (AvgIpc) is 2.58. The van der Waals surface area contributed by atoms with Gasteiger partial charge in [-0.2, -0.15) is 0 Å². The van der Waals surface area contributed by atoms with Crippen molar-refractivity contribution in [3.8, 4) is 0 Å². The van der Waals surface area contributed by atoms with Crippen molar-refractivity contribution in [1.29, 1.82) is 0 Å². The first kappa shape index (κ1) is 22.5. The number of esters is 1. The fourth-order valence-electron chi connectivity index (χ4n) is 3.18. The molecule has 1 unspecified atom stereocenters. The number of carbonyl (C=O) groups excluding carboxylic acids is 2. The molecule has 0 amide bonds. The molecule has 6 nitrogen and oxygen atoms in total. The Morgan fingerprint density at radius 3 is 2.54 bits per heavy atom. The van der Waals surface area contributed by atoms with E-state index in [4.69, 9.17) is 9.47 Å². The van der Waals surface area contributed by atoms with E-state index in [1.54, 1.807) is 19.1 Å². The van der Waals surface area contributed by atoms with Crippen LogP contribution in [0, 0.1) is 11.8 Å². The molecule has 6 atom stereocenters. The molecule has 6 heteroatoms. The highest BCUT2D eigenvalue weighted by molar-refractivity contribution is 5.91. The topological polar surface area (TPSA) is 93.1 Å². The van der Waals surface area contributed by atoms with E-state index in [9.17, 15) is 19.8 Å². The van der Waals surface area contributed by atoms with Gasteiger partial charge in [0.2, 0.25) is 0 Å². The minimum Gasteiger partial charge on any atom is -0.462 e. The van der Waals surface area contributed by atoms with Gasteiger partial charge in [0.25, 0.3) is 0 Å². The molecule has 2 N–H and O–H groups in total. The number of aliphatic hydroxyl groups is 2. The molecule has 0 radical (unpaired) electrons. The summed E-state index contributed by atoms with van der Waals surface area (Å²) in [5.74, 6) is -1.04.